The number of ketones is 1. The molecule has 0 amide bonds. The van der Waals surface area contributed by atoms with E-state index < -0.39 is 69.6 Å². The van der Waals surface area contributed by atoms with Gasteiger partial charge in [0, 0.05) is 13.0 Å². The molecule has 4 fully saturated rings. The minimum Gasteiger partial charge on any atom is -0.459 e. The number of methoxy groups -OCH3 is 1. The molecule has 0 unspecified atom stereocenters. The molecule has 63 heavy (non-hydrogen) atoms. The van der Waals surface area contributed by atoms with Crippen molar-refractivity contribution in [2.45, 2.75) is 138 Å². The van der Waals surface area contributed by atoms with Gasteiger partial charge in [0.2, 0.25) is 0 Å². The molecule has 11 nitrogen and oxygen atoms in total. The number of ether oxygens (including phenoxy) is 4. The number of carbonyl (C=O) groups excluding carboxylic acids is 4. The molecule has 11 heteroatoms. The largest absolute Gasteiger partial charge is 0.519 e. The molecular weight excluding hydrogens is 801 g/mol. The summed E-state index contributed by atoms with van der Waals surface area (Å²) in [4.78, 5) is 69.8. The van der Waals surface area contributed by atoms with Gasteiger partial charge in [-0.2, -0.15) is 0 Å². The van der Waals surface area contributed by atoms with Crippen molar-refractivity contribution in [3.63, 3.8) is 0 Å². The SMILES string of the molecule is CO[C@H](C)C(=O)O[C@H]1CC[C@@]2(C)[C@@H](CC[C@]3(C)[C@@H]2C(=O)C=C2[C@@H]4C[C@@](C)(C(=O)OC(c5ccccc5)c5ccccc5)CC[C@]4(C)CC[C@]23C)[C@]1(C)C(=O)OCc1oc(=O)oc1C. The molecule has 1 aromatic heterocycles. The maximum atomic E-state index is 15.3. The molecule has 0 N–H and O–H groups in total. The van der Waals surface area contributed by atoms with E-state index in [9.17, 15) is 19.2 Å². The van der Waals surface area contributed by atoms with Crippen LogP contribution < -0.4 is 5.82 Å². The Morgan fingerprint density at radius 3 is 2.03 bits per heavy atom. The fourth-order valence-electron chi connectivity index (χ4n) is 13.4. The number of allylic oxidation sites excluding steroid dienone is 2. The summed E-state index contributed by atoms with van der Waals surface area (Å²) in [5.74, 6) is -2.76. The Labute approximate surface area is 370 Å². The summed E-state index contributed by atoms with van der Waals surface area (Å²) in [7, 11) is 1.43. The Bertz CT molecular complexity index is 2310. The molecule has 0 bridgehead atoms. The summed E-state index contributed by atoms with van der Waals surface area (Å²) in [5.41, 5.74) is -0.755. The zero-order chi connectivity index (χ0) is 45.3. The highest BCUT2D eigenvalue weighted by molar-refractivity contribution is 5.96. The number of rotatable bonds is 10. The van der Waals surface area contributed by atoms with E-state index in [-0.39, 0.29) is 46.6 Å². The second-order valence-corrected chi connectivity index (χ2v) is 21.0. The number of esters is 3. The first kappa shape index (κ1) is 44.8. The highest BCUT2D eigenvalue weighted by Crippen LogP contribution is 2.75. The van der Waals surface area contributed by atoms with Gasteiger partial charge in [0.25, 0.3) is 0 Å². The van der Waals surface area contributed by atoms with Gasteiger partial charge in [0.1, 0.15) is 11.5 Å². The van der Waals surface area contributed by atoms with Crippen LogP contribution in [0.3, 0.4) is 0 Å². The molecule has 1 heterocycles. The molecule has 5 aliphatic rings. The topological polar surface area (TPSA) is 149 Å². The molecule has 338 valence electrons. The van der Waals surface area contributed by atoms with Gasteiger partial charge in [-0.05, 0) is 136 Å². The Morgan fingerprint density at radius 1 is 0.794 bits per heavy atom. The third-order valence-electron chi connectivity index (χ3n) is 17.7. The van der Waals surface area contributed by atoms with Gasteiger partial charge < -0.3 is 27.8 Å². The predicted molar refractivity (Wildman–Crippen MR) is 233 cm³/mol. The van der Waals surface area contributed by atoms with Gasteiger partial charge in [-0.25, -0.2) is 9.59 Å². The minimum atomic E-state index is -1.35. The van der Waals surface area contributed by atoms with Crippen molar-refractivity contribution in [3.05, 3.63) is 106 Å². The fraction of sp³-hybridized carbons (Fsp3) is 0.596. The highest BCUT2D eigenvalue weighted by Gasteiger charge is 2.72. The second-order valence-electron chi connectivity index (χ2n) is 21.0. The van der Waals surface area contributed by atoms with Crippen LogP contribution in [0.4, 0.5) is 0 Å². The van der Waals surface area contributed by atoms with Crippen molar-refractivity contribution >= 4 is 23.7 Å². The molecule has 5 aliphatic carbocycles. The van der Waals surface area contributed by atoms with Crippen molar-refractivity contribution in [2.75, 3.05) is 7.11 Å². The number of aryl methyl sites for hydroxylation is 1. The Balaban J connectivity index is 1.12. The van der Waals surface area contributed by atoms with Crippen LogP contribution in [0.2, 0.25) is 0 Å². The summed E-state index contributed by atoms with van der Waals surface area (Å²) in [6.07, 6.45) is 5.82. The number of carbonyl (C=O) groups is 4. The van der Waals surface area contributed by atoms with Crippen LogP contribution in [0, 0.1) is 57.2 Å². The Kier molecular flexibility index (Phi) is 11.4. The first-order chi connectivity index (χ1) is 29.7. The van der Waals surface area contributed by atoms with Crippen LogP contribution >= 0.6 is 0 Å². The number of hydrogen-bond donors (Lipinski definition) is 0. The number of fused-ring (bicyclic) bond motifs is 7. The van der Waals surface area contributed by atoms with Gasteiger partial charge >= 0.3 is 23.7 Å². The van der Waals surface area contributed by atoms with E-state index in [0.717, 1.165) is 36.0 Å². The van der Waals surface area contributed by atoms with E-state index in [1.165, 1.54) is 7.11 Å². The zero-order valence-corrected chi connectivity index (χ0v) is 38.4. The van der Waals surface area contributed by atoms with Crippen LogP contribution in [0.1, 0.15) is 135 Å². The third-order valence-corrected chi connectivity index (χ3v) is 17.7. The first-order valence-corrected chi connectivity index (χ1v) is 22.8. The average molecular weight is 865 g/mol. The molecule has 8 rings (SSSR count). The van der Waals surface area contributed by atoms with Gasteiger partial charge in [-0.3, -0.25) is 14.4 Å². The summed E-state index contributed by atoms with van der Waals surface area (Å²) < 4.78 is 34.1. The molecule has 0 radical (unpaired) electrons. The number of benzene rings is 2. The van der Waals surface area contributed by atoms with E-state index in [2.05, 4.69) is 34.6 Å². The lowest BCUT2D eigenvalue weighted by Crippen LogP contribution is -2.68. The molecule has 0 saturated heterocycles. The van der Waals surface area contributed by atoms with Crippen molar-refractivity contribution in [1.29, 1.82) is 0 Å². The predicted octanol–water partition coefficient (Wildman–Crippen LogP) is 9.82. The summed E-state index contributed by atoms with van der Waals surface area (Å²) in [6.45, 7) is 15.8. The molecule has 3 aromatic rings. The van der Waals surface area contributed by atoms with Gasteiger partial charge in [0.05, 0.1) is 5.41 Å². The lowest BCUT2D eigenvalue weighted by Gasteiger charge is -2.70. The standard InChI is InChI=1S/C52H64O11/c1-31-38(61-46(57)60-31)30-59-45(56)52(8)39-20-23-51(7)42(49(39,5)22-21-40(52)62-43(54)32(2)58-9)37(53)28-35-36-29-48(4,25-24-47(36,3)26-27-50(35,51)6)44(55)63-41(33-16-12-10-13-17-33)34-18-14-11-15-19-34/h10-19,28,32,36,39-42H,20-27,29-30H2,1-9H3/t32-,36+,39-,40+,42-,47-,48+,49+,50-,51-,52+/m1/s1. The molecule has 0 spiro atoms. The normalized spacial score (nSPS) is 36.4. The Morgan fingerprint density at radius 2 is 1.43 bits per heavy atom. The highest BCUT2D eigenvalue weighted by atomic mass is 16.6. The monoisotopic (exact) mass is 864 g/mol. The van der Waals surface area contributed by atoms with Crippen molar-refractivity contribution in [1.82, 2.24) is 0 Å². The van der Waals surface area contributed by atoms with E-state index in [0.29, 0.717) is 38.5 Å². The summed E-state index contributed by atoms with van der Waals surface area (Å²) >= 11 is 0. The molecule has 2 aromatic carbocycles. The van der Waals surface area contributed by atoms with E-state index >= 15 is 4.79 Å². The quantitative estimate of drug-likeness (QED) is 0.142. The van der Waals surface area contributed by atoms with Gasteiger partial charge in [-0.15, -0.1) is 0 Å². The van der Waals surface area contributed by atoms with Crippen molar-refractivity contribution in [3.8, 4) is 0 Å². The van der Waals surface area contributed by atoms with Crippen LogP contribution in [-0.2, 0) is 44.7 Å². The van der Waals surface area contributed by atoms with Crippen molar-refractivity contribution < 1.29 is 47.0 Å². The summed E-state index contributed by atoms with van der Waals surface area (Å²) in [6, 6.07) is 19.8. The maximum Gasteiger partial charge on any atom is 0.519 e. The molecule has 0 aliphatic heterocycles. The lowest BCUT2D eigenvalue weighted by atomic mass is 9.33. The minimum absolute atomic E-state index is 0.00806. The van der Waals surface area contributed by atoms with Crippen LogP contribution in [-0.4, -0.2) is 43.0 Å². The third kappa shape index (κ3) is 7.15. The van der Waals surface area contributed by atoms with Crippen LogP contribution in [0.25, 0.3) is 0 Å². The molecule has 4 saturated carbocycles. The second kappa shape index (κ2) is 16.0. The van der Waals surface area contributed by atoms with Crippen LogP contribution in [0.5, 0.6) is 0 Å². The summed E-state index contributed by atoms with van der Waals surface area (Å²) in [5, 5.41) is 0. The van der Waals surface area contributed by atoms with Gasteiger partial charge in [-0.1, -0.05) is 93.9 Å². The van der Waals surface area contributed by atoms with E-state index in [4.69, 9.17) is 27.8 Å². The van der Waals surface area contributed by atoms with Crippen LogP contribution in [0.15, 0.2) is 85.9 Å². The Hall–Kier alpha value is -4.77. The van der Waals surface area contributed by atoms with Crippen molar-refractivity contribution in [2.24, 2.45) is 50.2 Å². The number of hydrogen-bond acceptors (Lipinski definition) is 11. The first-order valence-electron chi connectivity index (χ1n) is 22.8. The molecule has 11 atom stereocenters. The lowest BCUT2D eigenvalue weighted by molar-refractivity contribution is -0.226. The van der Waals surface area contributed by atoms with E-state index in [1.54, 1.807) is 20.8 Å². The van der Waals surface area contributed by atoms with Gasteiger partial charge in [0.15, 0.2) is 36.1 Å². The smallest absolute Gasteiger partial charge is 0.459 e. The zero-order valence-electron chi connectivity index (χ0n) is 38.4. The van der Waals surface area contributed by atoms with E-state index in [1.807, 2.05) is 66.7 Å². The molecular formula is C52H64O11. The average Bonchev–Trinajstić information content (AvgIpc) is 3.59. The maximum absolute atomic E-state index is 15.3. The fourth-order valence-corrected chi connectivity index (χ4v) is 13.4.